The summed E-state index contributed by atoms with van der Waals surface area (Å²) in [6, 6.07) is 10.2. The van der Waals surface area contributed by atoms with Crippen LogP contribution < -0.4 is 4.74 Å². The highest BCUT2D eigenvalue weighted by molar-refractivity contribution is 7.91. The third-order valence-corrected chi connectivity index (χ3v) is 6.81. The van der Waals surface area contributed by atoms with E-state index in [0.717, 1.165) is 5.39 Å². The highest BCUT2D eigenvalue weighted by atomic mass is 32.2. The van der Waals surface area contributed by atoms with Gasteiger partial charge in [0.1, 0.15) is 5.75 Å². The first kappa shape index (κ1) is 20.1. The topological polar surface area (TPSA) is 90.0 Å². The number of sulfone groups is 1. The molecule has 1 fully saturated rings. The van der Waals surface area contributed by atoms with Crippen LogP contribution in [0.15, 0.2) is 36.4 Å². The first-order valence-electron chi connectivity index (χ1n) is 8.97. The van der Waals surface area contributed by atoms with Gasteiger partial charge in [-0.25, -0.2) is 13.2 Å². The zero-order valence-electron chi connectivity index (χ0n) is 16.0. The van der Waals surface area contributed by atoms with Crippen LogP contribution in [0.4, 0.5) is 0 Å². The molecule has 1 amide bonds. The maximum Gasteiger partial charge on any atom is 0.339 e. The van der Waals surface area contributed by atoms with Crippen molar-refractivity contribution in [2.24, 2.45) is 0 Å². The quantitative estimate of drug-likeness (QED) is 0.707. The summed E-state index contributed by atoms with van der Waals surface area (Å²) in [6.07, 6.45) is -0.629. The number of ether oxygens (including phenoxy) is 2. The average molecular weight is 405 g/mol. The molecular formula is C20H23NO6S. The van der Waals surface area contributed by atoms with Crippen LogP contribution in [0.2, 0.25) is 0 Å². The molecule has 0 radical (unpaired) electrons. The van der Waals surface area contributed by atoms with E-state index < -0.39 is 27.8 Å². The Labute approximate surface area is 164 Å². The molecule has 2 atom stereocenters. The number of carbonyl (C=O) groups excluding carboxylic acids is 2. The van der Waals surface area contributed by atoms with Crippen molar-refractivity contribution in [1.29, 1.82) is 0 Å². The molecule has 150 valence electrons. The predicted molar refractivity (Wildman–Crippen MR) is 105 cm³/mol. The molecular weight excluding hydrogens is 382 g/mol. The second kappa shape index (κ2) is 7.79. The number of carbonyl (C=O) groups is 2. The first-order valence-corrected chi connectivity index (χ1v) is 10.8. The Bertz CT molecular complexity index is 1020. The third kappa shape index (κ3) is 3.96. The number of fused-ring (bicyclic) bond motifs is 1. The van der Waals surface area contributed by atoms with E-state index >= 15 is 0 Å². The third-order valence-electron chi connectivity index (χ3n) is 5.06. The standard InChI is InChI=1S/C20H23NO6S/c1-13(19(22)21(2)14-10-11-28(24,25)12-14)27-20(23)17-8-9-18(26-3)16-7-5-4-6-15(16)17/h4-9,13-14H,10-12H2,1-3H3/t13-,14+/m1/s1. The van der Waals surface area contributed by atoms with E-state index in [1.54, 1.807) is 38.4 Å². The summed E-state index contributed by atoms with van der Waals surface area (Å²) in [6.45, 7) is 1.49. The van der Waals surface area contributed by atoms with Crippen molar-refractivity contribution in [2.75, 3.05) is 25.7 Å². The van der Waals surface area contributed by atoms with E-state index in [1.165, 1.54) is 11.8 Å². The Morgan fingerprint density at radius 1 is 1.14 bits per heavy atom. The Morgan fingerprint density at radius 3 is 2.43 bits per heavy atom. The van der Waals surface area contributed by atoms with Crippen LogP contribution in [0.1, 0.15) is 23.7 Å². The smallest absolute Gasteiger partial charge is 0.339 e. The van der Waals surface area contributed by atoms with Crippen LogP contribution in [0, 0.1) is 0 Å². The van der Waals surface area contributed by atoms with Crippen LogP contribution in [0.3, 0.4) is 0 Å². The molecule has 1 saturated heterocycles. The normalized spacial score (nSPS) is 19.2. The van der Waals surface area contributed by atoms with E-state index in [0.29, 0.717) is 23.1 Å². The number of benzene rings is 2. The van der Waals surface area contributed by atoms with Gasteiger partial charge in [0.25, 0.3) is 5.91 Å². The zero-order valence-corrected chi connectivity index (χ0v) is 16.9. The Morgan fingerprint density at radius 2 is 1.82 bits per heavy atom. The largest absolute Gasteiger partial charge is 0.496 e. The summed E-state index contributed by atoms with van der Waals surface area (Å²) < 4.78 is 34.0. The number of hydrogen-bond donors (Lipinski definition) is 0. The minimum absolute atomic E-state index is 0.0565. The Hall–Kier alpha value is -2.61. The number of likely N-dealkylation sites (N-methyl/N-ethyl adjacent to an activating group) is 1. The molecule has 1 heterocycles. The van der Waals surface area contributed by atoms with Gasteiger partial charge in [0.15, 0.2) is 15.9 Å². The van der Waals surface area contributed by atoms with E-state index in [1.807, 2.05) is 12.1 Å². The lowest BCUT2D eigenvalue weighted by molar-refractivity contribution is -0.140. The van der Waals surface area contributed by atoms with Gasteiger partial charge in [-0.2, -0.15) is 0 Å². The van der Waals surface area contributed by atoms with Crippen molar-refractivity contribution < 1.29 is 27.5 Å². The van der Waals surface area contributed by atoms with Crippen molar-refractivity contribution in [3.8, 4) is 5.75 Å². The molecule has 7 nitrogen and oxygen atoms in total. The van der Waals surface area contributed by atoms with Gasteiger partial charge in [0.2, 0.25) is 0 Å². The molecule has 1 aliphatic rings. The fourth-order valence-corrected chi connectivity index (χ4v) is 5.22. The fourth-order valence-electron chi connectivity index (χ4n) is 3.45. The van der Waals surface area contributed by atoms with Gasteiger partial charge in [-0.1, -0.05) is 24.3 Å². The molecule has 8 heteroatoms. The summed E-state index contributed by atoms with van der Waals surface area (Å²) in [7, 11) is -0.0125. The van der Waals surface area contributed by atoms with Gasteiger partial charge in [-0.05, 0) is 30.9 Å². The van der Waals surface area contributed by atoms with Gasteiger partial charge in [0.05, 0.1) is 24.2 Å². The number of esters is 1. The summed E-state index contributed by atoms with van der Waals surface area (Å²) in [5.74, 6) is -0.390. The number of methoxy groups -OCH3 is 1. The maximum atomic E-state index is 12.7. The first-order chi connectivity index (χ1) is 13.2. The van der Waals surface area contributed by atoms with Crippen LogP contribution in [0.25, 0.3) is 10.8 Å². The minimum atomic E-state index is -3.11. The maximum absolute atomic E-state index is 12.7. The van der Waals surface area contributed by atoms with Crippen molar-refractivity contribution in [1.82, 2.24) is 4.90 Å². The lowest BCUT2D eigenvalue weighted by Crippen LogP contribution is -2.44. The number of nitrogens with zero attached hydrogens (tertiary/aromatic N) is 1. The van der Waals surface area contributed by atoms with Crippen LogP contribution in [-0.2, 0) is 19.4 Å². The molecule has 0 N–H and O–H groups in total. The lowest BCUT2D eigenvalue weighted by Gasteiger charge is -2.26. The summed E-state index contributed by atoms with van der Waals surface area (Å²) in [5.41, 5.74) is 0.335. The summed E-state index contributed by atoms with van der Waals surface area (Å²) >= 11 is 0. The Balaban J connectivity index is 1.76. The second-order valence-corrected chi connectivity index (χ2v) is 9.14. The van der Waals surface area contributed by atoms with Crippen LogP contribution >= 0.6 is 0 Å². The number of hydrogen-bond acceptors (Lipinski definition) is 6. The lowest BCUT2D eigenvalue weighted by atomic mass is 10.0. The van der Waals surface area contributed by atoms with Gasteiger partial charge < -0.3 is 14.4 Å². The van der Waals surface area contributed by atoms with E-state index in [2.05, 4.69) is 0 Å². The number of rotatable bonds is 5. The molecule has 28 heavy (non-hydrogen) atoms. The fraction of sp³-hybridized carbons (Fsp3) is 0.400. The second-order valence-electron chi connectivity index (χ2n) is 6.91. The SMILES string of the molecule is COc1ccc(C(=O)O[C@H](C)C(=O)N(C)[C@H]2CCS(=O)(=O)C2)c2ccccc12. The van der Waals surface area contributed by atoms with Crippen molar-refractivity contribution >= 4 is 32.5 Å². The molecule has 2 aromatic carbocycles. The molecule has 2 aromatic rings. The van der Waals surface area contributed by atoms with Gasteiger partial charge in [-0.15, -0.1) is 0 Å². The monoisotopic (exact) mass is 405 g/mol. The molecule has 0 aliphatic carbocycles. The summed E-state index contributed by atoms with van der Waals surface area (Å²) in [4.78, 5) is 26.7. The van der Waals surface area contributed by atoms with Crippen LogP contribution in [0.5, 0.6) is 5.75 Å². The molecule has 3 rings (SSSR count). The minimum Gasteiger partial charge on any atom is -0.496 e. The highest BCUT2D eigenvalue weighted by Crippen LogP contribution is 2.29. The van der Waals surface area contributed by atoms with Crippen molar-refractivity contribution in [3.63, 3.8) is 0 Å². The average Bonchev–Trinajstić information content (AvgIpc) is 3.05. The Kier molecular flexibility index (Phi) is 5.60. The van der Waals surface area contributed by atoms with Crippen LogP contribution in [-0.4, -0.2) is 63.0 Å². The van der Waals surface area contributed by atoms with E-state index in [4.69, 9.17) is 9.47 Å². The molecule has 0 bridgehead atoms. The summed E-state index contributed by atoms with van der Waals surface area (Å²) in [5, 5.41) is 1.44. The van der Waals surface area contributed by atoms with E-state index in [-0.39, 0.29) is 17.5 Å². The molecule has 0 unspecified atom stereocenters. The predicted octanol–water partition coefficient (Wildman–Crippen LogP) is 2.04. The van der Waals surface area contributed by atoms with Gasteiger partial charge in [0, 0.05) is 18.5 Å². The molecule has 1 aliphatic heterocycles. The highest BCUT2D eigenvalue weighted by Gasteiger charge is 2.35. The van der Waals surface area contributed by atoms with Crippen molar-refractivity contribution in [2.45, 2.75) is 25.5 Å². The van der Waals surface area contributed by atoms with Gasteiger partial charge in [-0.3, -0.25) is 4.79 Å². The molecule has 0 spiro atoms. The molecule has 0 saturated carbocycles. The molecule has 0 aromatic heterocycles. The van der Waals surface area contributed by atoms with E-state index in [9.17, 15) is 18.0 Å². The van der Waals surface area contributed by atoms with Crippen molar-refractivity contribution in [3.05, 3.63) is 42.0 Å². The zero-order chi connectivity index (χ0) is 20.5. The van der Waals surface area contributed by atoms with Gasteiger partial charge >= 0.3 is 5.97 Å². The number of amides is 1.